The van der Waals surface area contributed by atoms with Crippen LogP contribution in [0.1, 0.15) is 34.8 Å². The lowest BCUT2D eigenvalue weighted by molar-refractivity contribution is 0.0174. The standard InChI is InChI=1S/C10H15ClN2O4S/c1-2-17-9(16)6-8(18-10(12)13-6)7(15)5(14)3-4-11/h5,7,14-15H,2-4H2,1H3,(H2,12,13). The van der Waals surface area contributed by atoms with Crippen molar-refractivity contribution in [3.63, 3.8) is 0 Å². The van der Waals surface area contributed by atoms with Crippen LogP contribution in [0.15, 0.2) is 0 Å². The van der Waals surface area contributed by atoms with E-state index in [1.165, 1.54) is 0 Å². The minimum atomic E-state index is -1.25. The van der Waals surface area contributed by atoms with Gasteiger partial charge in [-0.15, -0.1) is 11.6 Å². The van der Waals surface area contributed by atoms with Gasteiger partial charge in [-0.25, -0.2) is 9.78 Å². The molecule has 0 saturated heterocycles. The minimum Gasteiger partial charge on any atom is -0.461 e. The summed E-state index contributed by atoms with van der Waals surface area (Å²) in [7, 11) is 0. The number of nitrogens with two attached hydrogens (primary N) is 1. The van der Waals surface area contributed by atoms with E-state index in [4.69, 9.17) is 22.1 Å². The van der Waals surface area contributed by atoms with Crippen LogP contribution in [0.4, 0.5) is 5.13 Å². The smallest absolute Gasteiger partial charge is 0.358 e. The van der Waals surface area contributed by atoms with Crippen molar-refractivity contribution < 1.29 is 19.7 Å². The molecule has 0 aliphatic heterocycles. The van der Waals surface area contributed by atoms with Crippen molar-refractivity contribution in [1.29, 1.82) is 0 Å². The maximum Gasteiger partial charge on any atom is 0.358 e. The molecule has 6 nitrogen and oxygen atoms in total. The summed E-state index contributed by atoms with van der Waals surface area (Å²) in [4.78, 5) is 15.6. The van der Waals surface area contributed by atoms with Gasteiger partial charge in [-0.2, -0.15) is 0 Å². The van der Waals surface area contributed by atoms with Gasteiger partial charge in [0.25, 0.3) is 0 Å². The molecule has 0 amide bonds. The van der Waals surface area contributed by atoms with Gasteiger partial charge in [-0.1, -0.05) is 11.3 Å². The summed E-state index contributed by atoms with van der Waals surface area (Å²) < 4.78 is 4.80. The van der Waals surface area contributed by atoms with Gasteiger partial charge in [0.05, 0.1) is 17.6 Å². The molecule has 0 aliphatic carbocycles. The first kappa shape index (κ1) is 15.2. The Kier molecular flexibility index (Phi) is 5.80. The predicted octanol–water partition coefficient (Wildman–Crippen LogP) is 0.925. The maximum absolute atomic E-state index is 11.6. The summed E-state index contributed by atoms with van der Waals surface area (Å²) >= 11 is 6.43. The zero-order valence-electron chi connectivity index (χ0n) is 9.80. The second kappa shape index (κ2) is 6.89. The van der Waals surface area contributed by atoms with E-state index < -0.39 is 18.2 Å². The zero-order chi connectivity index (χ0) is 13.7. The van der Waals surface area contributed by atoms with Crippen LogP contribution in [-0.4, -0.2) is 39.8 Å². The number of alkyl halides is 1. The van der Waals surface area contributed by atoms with Gasteiger partial charge >= 0.3 is 5.97 Å². The topological polar surface area (TPSA) is 106 Å². The number of anilines is 1. The molecule has 1 rings (SSSR count). The van der Waals surface area contributed by atoms with Crippen LogP contribution in [0.25, 0.3) is 0 Å². The van der Waals surface area contributed by atoms with Gasteiger partial charge in [-0.05, 0) is 13.3 Å². The molecule has 1 aromatic rings. The molecule has 0 fully saturated rings. The van der Waals surface area contributed by atoms with Gasteiger partial charge in [-0.3, -0.25) is 0 Å². The van der Waals surface area contributed by atoms with E-state index in [-0.39, 0.29) is 34.6 Å². The fourth-order valence-corrected chi connectivity index (χ4v) is 2.43. The molecular weight excluding hydrogens is 280 g/mol. The van der Waals surface area contributed by atoms with E-state index in [0.29, 0.717) is 0 Å². The first-order chi connectivity index (χ1) is 8.51. The third kappa shape index (κ3) is 3.55. The lowest BCUT2D eigenvalue weighted by Crippen LogP contribution is -2.20. The number of ether oxygens (including phenoxy) is 1. The number of halogens is 1. The monoisotopic (exact) mass is 294 g/mol. The Balaban J connectivity index is 2.97. The first-order valence-corrected chi connectivity index (χ1v) is 6.71. The molecule has 8 heteroatoms. The summed E-state index contributed by atoms with van der Waals surface area (Å²) in [5, 5.41) is 19.7. The highest BCUT2D eigenvalue weighted by atomic mass is 35.5. The van der Waals surface area contributed by atoms with Gasteiger partial charge in [0.15, 0.2) is 10.8 Å². The summed E-state index contributed by atoms with van der Waals surface area (Å²) in [6, 6.07) is 0. The van der Waals surface area contributed by atoms with E-state index in [1.807, 2.05) is 0 Å². The average Bonchev–Trinajstić information content (AvgIpc) is 2.71. The van der Waals surface area contributed by atoms with Gasteiger partial charge in [0.2, 0.25) is 0 Å². The Hall–Kier alpha value is -0.890. The fraction of sp³-hybridized carbons (Fsp3) is 0.600. The Bertz CT molecular complexity index is 413. The van der Waals surface area contributed by atoms with E-state index in [2.05, 4.69) is 4.98 Å². The van der Waals surface area contributed by atoms with Crippen LogP contribution < -0.4 is 5.73 Å². The molecule has 1 heterocycles. The summed E-state index contributed by atoms with van der Waals surface area (Å²) in [5.74, 6) is -0.473. The van der Waals surface area contributed by atoms with Gasteiger partial charge < -0.3 is 20.7 Å². The van der Waals surface area contributed by atoms with E-state index in [1.54, 1.807) is 6.92 Å². The Labute approximate surface area is 113 Å². The van der Waals surface area contributed by atoms with Crippen LogP contribution in [0, 0.1) is 0 Å². The van der Waals surface area contributed by atoms with Crippen LogP contribution in [0.3, 0.4) is 0 Å². The number of carbonyl (C=O) groups is 1. The van der Waals surface area contributed by atoms with Crippen molar-refractivity contribution in [1.82, 2.24) is 4.98 Å². The summed E-state index contributed by atoms with van der Waals surface area (Å²) in [6.45, 7) is 1.85. The number of esters is 1. The number of carbonyl (C=O) groups excluding carboxylic acids is 1. The third-order valence-electron chi connectivity index (χ3n) is 2.18. The lowest BCUT2D eigenvalue weighted by Gasteiger charge is -2.15. The van der Waals surface area contributed by atoms with Crippen molar-refractivity contribution in [3.05, 3.63) is 10.6 Å². The number of aliphatic hydroxyl groups is 2. The Morgan fingerprint density at radius 3 is 2.83 bits per heavy atom. The highest BCUT2D eigenvalue weighted by Crippen LogP contribution is 2.30. The van der Waals surface area contributed by atoms with Crippen molar-refractivity contribution in [3.8, 4) is 0 Å². The van der Waals surface area contributed by atoms with Crippen molar-refractivity contribution >= 4 is 34.0 Å². The molecule has 0 radical (unpaired) electrons. The number of thiazole rings is 1. The number of nitrogens with zero attached hydrogens (tertiary/aromatic N) is 1. The largest absolute Gasteiger partial charge is 0.461 e. The van der Waals surface area contributed by atoms with Crippen LogP contribution in [-0.2, 0) is 4.74 Å². The van der Waals surface area contributed by atoms with Crippen molar-refractivity contribution in [2.24, 2.45) is 0 Å². The number of nitrogen functional groups attached to an aromatic ring is 1. The van der Waals surface area contributed by atoms with Crippen LogP contribution in [0.2, 0.25) is 0 Å². The first-order valence-electron chi connectivity index (χ1n) is 5.36. The second-order valence-electron chi connectivity index (χ2n) is 3.48. The third-order valence-corrected chi connectivity index (χ3v) is 3.35. The lowest BCUT2D eigenvalue weighted by atomic mass is 10.1. The minimum absolute atomic E-state index is 0.0551. The fourth-order valence-electron chi connectivity index (χ4n) is 1.34. The second-order valence-corrected chi connectivity index (χ2v) is 4.92. The van der Waals surface area contributed by atoms with Crippen molar-refractivity contribution in [2.45, 2.75) is 25.6 Å². The van der Waals surface area contributed by atoms with Crippen LogP contribution >= 0.6 is 22.9 Å². The molecule has 0 aliphatic rings. The zero-order valence-corrected chi connectivity index (χ0v) is 11.4. The molecule has 18 heavy (non-hydrogen) atoms. The van der Waals surface area contributed by atoms with Gasteiger partial charge in [0.1, 0.15) is 6.10 Å². The predicted molar refractivity (Wildman–Crippen MR) is 68.8 cm³/mol. The summed E-state index contributed by atoms with van der Waals surface area (Å²) in [6.07, 6.45) is -2.13. The molecule has 0 aromatic carbocycles. The number of hydrogen-bond acceptors (Lipinski definition) is 7. The average molecular weight is 295 g/mol. The van der Waals surface area contributed by atoms with E-state index >= 15 is 0 Å². The molecular formula is C10H15ClN2O4S. The molecule has 2 unspecified atom stereocenters. The molecule has 2 atom stereocenters. The maximum atomic E-state index is 11.6. The quantitative estimate of drug-likeness (QED) is 0.532. The molecule has 0 saturated carbocycles. The van der Waals surface area contributed by atoms with Crippen molar-refractivity contribution in [2.75, 3.05) is 18.2 Å². The Morgan fingerprint density at radius 1 is 1.61 bits per heavy atom. The highest BCUT2D eigenvalue weighted by Gasteiger charge is 2.28. The molecule has 1 aromatic heterocycles. The molecule has 0 spiro atoms. The SMILES string of the molecule is CCOC(=O)c1nc(N)sc1C(O)C(O)CCCl. The molecule has 4 N–H and O–H groups in total. The number of hydrogen-bond donors (Lipinski definition) is 3. The number of aliphatic hydroxyl groups excluding tert-OH is 2. The highest BCUT2D eigenvalue weighted by molar-refractivity contribution is 7.15. The Morgan fingerprint density at radius 2 is 2.28 bits per heavy atom. The van der Waals surface area contributed by atoms with Gasteiger partial charge in [0, 0.05) is 5.88 Å². The van der Waals surface area contributed by atoms with E-state index in [0.717, 1.165) is 11.3 Å². The normalized spacial score (nSPS) is 14.2. The van der Waals surface area contributed by atoms with Crippen LogP contribution in [0.5, 0.6) is 0 Å². The molecule has 0 bridgehead atoms. The number of aromatic nitrogens is 1. The molecule has 102 valence electrons. The number of rotatable bonds is 6. The van der Waals surface area contributed by atoms with E-state index in [9.17, 15) is 15.0 Å². The summed E-state index contributed by atoms with van der Waals surface area (Å²) in [5.41, 5.74) is 5.45.